The molecule has 1 aromatic rings. The molecule has 0 radical (unpaired) electrons. The second-order valence-corrected chi connectivity index (χ2v) is 8.49. The Kier molecular flexibility index (Phi) is 6.65. The highest BCUT2D eigenvalue weighted by molar-refractivity contribution is 5.90. The number of hydrogen-bond donors (Lipinski definition) is 5. The lowest BCUT2D eigenvalue weighted by Crippen LogP contribution is -3.14. The number of hydrazine groups is 1. The first-order valence-electron chi connectivity index (χ1n) is 10.9. The molecule has 1 unspecified atom stereocenters. The number of amides is 2. The second kappa shape index (κ2) is 9.63. The average molecular weight is 461 g/mol. The molecule has 2 atom stereocenters. The number of nitrogens with zero attached hydrogens (tertiary/aromatic N) is 2. The number of carbonyl (C=O) groups is 2. The smallest absolute Gasteiger partial charge is 0.414 e. The molecule has 0 saturated carbocycles. The molecule has 3 aliphatic heterocycles. The van der Waals surface area contributed by atoms with Crippen LogP contribution in [0.2, 0.25) is 0 Å². The zero-order chi connectivity index (χ0) is 23.5. The molecule has 11 nitrogen and oxygen atoms in total. The van der Waals surface area contributed by atoms with E-state index >= 15 is 0 Å². The third-order valence-corrected chi connectivity index (χ3v) is 6.08. The van der Waals surface area contributed by atoms with Crippen LogP contribution in [0.15, 0.2) is 30.1 Å². The van der Waals surface area contributed by atoms with Crippen molar-refractivity contribution in [2.24, 2.45) is 5.92 Å². The molecule has 2 saturated heterocycles. The highest BCUT2D eigenvalue weighted by atomic mass is 19.1. The van der Waals surface area contributed by atoms with Gasteiger partial charge in [-0.25, -0.2) is 14.2 Å². The lowest BCUT2D eigenvalue weighted by atomic mass is 9.96. The van der Waals surface area contributed by atoms with E-state index in [1.165, 1.54) is 17.9 Å². The molecular weight excluding hydrogens is 433 g/mol. The lowest BCUT2D eigenvalue weighted by Gasteiger charge is -2.34. The van der Waals surface area contributed by atoms with E-state index in [1.54, 1.807) is 18.3 Å². The van der Waals surface area contributed by atoms with Gasteiger partial charge in [0, 0.05) is 31.8 Å². The van der Waals surface area contributed by atoms with Crippen molar-refractivity contribution in [1.82, 2.24) is 16.3 Å². The summed E-state index contributed by atoms with van der Waals surface area (Å²) >= 11 is 0. The van der Waals surface area contributed by atoms with Crippen molar-refractivity contribution < 1.29 is 28.8 Å². The maximum atomic E-state index is 15.0. The molecule has 178 valence electrons. The first kappa shape index (κ1) is 22.8. The number of ether oxygens (including phenoxy) is 1. The summed E-state index contributed by atoms with van der Waals surface area (Å²) in [5, 5.41) is 21.8. The number of hydrogen-bond acceptors (Lipinski definition) is 8. The largest absolute Gasteiger partial charge is 0.857 e. The predicted octanol–water partition coefficient (Wildman–Crippen LogP) is -1.41. The molecule has 33 heavy (non-hydrogen) atoms. The maximum absolute atomic E-state index is 15.0. The van der Waals surface area contributed by atoms with Crippen LogP contribution in [0, 0.1) is 17.1 Å². The number of rotatable bonds is 7. The Bertz CT molecular complexity index is 964. The lowest BCUT2D eigenvalue weighted by molar-refractivity contribution is -0.896. The second-order valence-electron chi connectivity index (χ2n) is 8.49. The van der Waals surface area contributed by atoms with E-state index in [0.29, 0.717) is 30.4 Å². The fourth-order valence-electron chi connectivity index (χ4n) is 4.33. The zero-order valence-corrected chi connectivity index (χ0v) is 18.3. The summed E-state index contributed by atoms with van der Waals surface area (Å²) < 4.78 is 20.2. The number of nitrogens with one attached hydrogen (secondary N) is 5. The number of halogens is 1. The summed E-state index contributed by atoms with van der Waals surface area (Å²) in [7, 11) is 0. The molecule has 3 aliphatic rings. The molecule has 3 heterocycles. The van der Waals surface area contributed by atoms with E-state index in [4.69, 9.17) is 10.1 Å². The number of carbonyl (C=O) groups excluding carboxylic acids is 2. The topological polar surface area (TPSA) is 137 Å². The first-order valence-corrected chi connectivity index (χ1v) is 10.9. The van der Waals surface area contributed by atoms with Gasteiger partial charge in [-0.05, 0) is 31.0 Å². The quantitative estimate of drug-likeness (QED) is 0.249. The highest BCUT2D eigenvalue weighted by Gasteiger charge is 2.33. The normalized spacial score (nSPS) is 23.2. The van der Waals surface area contributed by atoms with Crippen molar-refractivity contribution >= 4 is 29.3 Å². The van der Waals surface area contributed by atoms with Crippen molar-refractivity contribution in [2.45, 2.75) is 25.9 Å². The fourth-order valence-corrected chi connectivity index (χ4v) is 4.33. The Balaban J connectivity index is 1.31. The summed E-state index contributed by atoms with van der Waals surface area (Å²) in [6, 6.07) is 4.74. The average Bonchev–Trinajstić information content (AvgIpc) is 3.39. The molecule has 0 bridgehead atoms. The van der Waals surface area contributed by atoms with Gasteiger partial charge >= 0.3 is 6.09 Å². The minimum absolute atomic E-state index is 0.206. The molecule has 0 aliphatic carbocycles. The Labute approximate surface area is 190 Å². The summed E-state index contributed by atoms with van der Waals surface area (Å²) in [4.78, 5) is 26.6. The molecule has 12 heteroatoms. The van der Waals surface area contributed by atoms with Crippen molar-refractivity contribution in [1.29, 1.82) is 5.41 Å². The van der Waals surface area contributed by atoms with Gasteiger partial charge in [0.1, 0.15) is 30.4 Å². The summed E-state index contributed by atoms with van der Waals surface area (Å²) in [5.74, 6) is -0.967. The van der Waals surface area contributed by atoms with E-state index in [1.807, 2.05) is 4.90 Å². The number of piperidine rings is 1. The van der Waals surface area contributed by atoms with Crippen LogP contribution in [0.3, 0.4) is 0 Å². The monoisotopic (exact) mass is 461 g/mol. The Morgan fingerprint density at radius 2 is 2.15 bits per heavy atom. The summed E-state index contributed by atoms with van der Waals surface area (Å²) in [6.45, 7) is 4.00. The Morgan fingerprint density at radius 3 is 2.79 bits per heavy atom. The molecule has 1 aromatic carbocycles. The van der Waals surface area contributed by atoms with Gasteiger partial charge in [0.25, 0.3) is 0 Å². The van der Waals surface area contributed by atoms with Crippen LogP contribution in [-0.2, 0) is 9.53 Å². The minimum Gasteiger partial charge on any atom is -0.857 e. The van der Waals surface area contributed by atoms with Crippen LogP contribution < -0.4 is 36.2 Å². The Morgan fingerprint density at radius 1 is 1.39 bits per heavy atom. The Hall–Kier alpha value is -3.38. The van der Waals surface area contributed by atoms with Gasteiger partial charge in [-0.15, -0.1) is 0 Å². The van der Waals surface area contributed by atoms with Crippen LogP contribution >= 0.6 is 0 Å². The minimum atomic E-state index is -0.753. The van der Waals surface area contributed by atoms with Crippen molar-refractivity contribution in [3.05, 3.63) is 35.9 Å². The van der Waals surface area contributed by atoms with Crippen LogP contribution in [0.4, 0.5) is 20.6 Å². The van der Waals surface area contributed by atoms with Gasteiger partial charge in [-0.2, -0.15) is 0 Å². The van der Waals surface area contributed by atoms with Crippen molar-refractivity contribution in [3.8, 4) is 0 Å². The van der Waals surface area contributed by atoms with Crippen LogP contribution in [0.5, 0.6) is 0 Å². The summed E-state index contributed by atoms with van der Waals surface area (Å²) in [5.41, 5.74) is 6.80. The number of anilines is 2. The standard InChI is InChI=1S/C21H28FN7O4/c1-13(30)24-9-16-11-29(21(32)33-16)15-2-3-19(17(22)8-15)27-6-4-14(5-7-27)10-28-12-18(20(23)31)25-26-28/h2-3,8,12,14,16,25-26H,4-7,9-11H2,1H3,(H2,23,31)(H,24,30)/t16-/m0/s1. The van der Waals surface area contributed by atoms with Gasteiger partial charge < -0.3 is 25.5 Å². The summed E-state index contributed by atoms with van der Waals surface area (Å²) in [6.07, 6.45) is 2.37. The van der Waals surface area contributed by atoms with Crippen LogP contribution in [-0.4, -0.2) is 56.7 Å². The van der Waals surface area contributed by atoms with Gasteiger partial charge in [0.15, 0.2) is 0 Å². The molecule has 2 amide bonds. The fraction of sp³-hybridized carbons (Fsp3) is 0.476. The third-order valence-electron chi connectivity index (χ3n) is 6.08. The van der Waals surface area contributed by atoms with Gasteiger partial charge in [0.2, 0.25) is 5.91 Å². The predicted molar refractivity (Wildman–Crippen MR) is 116 cm³/mol. The maximum Gasteiger partial charge on any atom is 0.414 e. The van der Waals surface area contributed by atoms with Crippen LogP contribution in [0.25, 0.3) is 0 Å². The van der Waals surface area contributed by atoms with Gasteiger partial charge in [-0.1, -0.05) is 5.53 Å². The molecule has 0 spiro atoms. The van der Waals surface area contributed by atoms with E-state index in [-0.39, 0.29) is 24.7 Å². The van der Waals surface area contributed by atoms with Gasteiger partial charge in [0.05, 0.1) is 24.5 Å². The van der Waals surface area contributed by atoms with Crippen LogP contribution in [0.1, 0.15) is 19.8 Å². The van der Waals surface area contributed by atoms with E-state index in [9.17, 15) is 19.1 Å². The van der Waals surface area contributed by atoms with E-state index in [0.717, 1.165) is 24.4 Å². The van der Waals surface area contributed by atoms with E-state index in [2.05, 4.69) is 16.3 Å². The highest BCUT2D eigenvalue weighted by Crippen LogP contribution is 2.30. The number of benzene rings is 1. The molecule has 5 N–H and O–H groups in total. The van der Waals surface area contributed by atoms with E-state index < -0.39 is 23.9 Å². The van der Waals surface area contributed by atoms with Crippen molar-refractivity contribution in [3.63, 3.8) is 0 Å². The molecule has 0 aromatic heterocycles. The number of cyclic esters (lactones) is 1. The SMILES string of the molecule is CC(=O)NC[C@H]1CN(c2ccc(N3CCC(C[NH+]4C=C(C(=N)[O-])NN4)CC3)c(F)c2)C(=O)O1. The third kappa shape index (κ3) is 5.34. The van der Waals surface area contributed by atoms with Gasteiger partial charge in [-0.3, -0.25) is 15.1 Å². The molecular formula is C21H28FN7O4. The first-order chi connectivity index (χ1) is 15.8. The molecule has 2 fully saturated rings. The molecule has 4 rings (SSSR count). The zero-order valence-electron chi connectivity index (χ0n) is 18.3. The number of quaternary nitrogens is 1. The van der Waals surface area contributed by atoms with Crippen molar-refractivity contribution in [2.75, 3.05) is 42.5 Å².